The minimum atomic E-state index is -3.53. The molecular formula is C19H20N4O4S2. The highest BCUT2D eigenvalue weighted by molar-refractivity contribution is 7.91. The molecule has 3 heterocycles. The van der Waals surface area contributed by atoms with Gasteiger partial charge in [0.05, 0.1) is 5.39 Å². The summed E-state index contributed by atoms with van der Waals surface area (Å²) in [7, 11) is -3.53. The lowest BCUT2D eigenvalue weighted by Gasteiger charge is -2.33. The highest BCUT2D eigenvalue weighted by Gasteiger charge is 2.32. The van der Waals surface area contributed by atoms with Crippen LogP contribution in [0.15, 0.2) is 50.8 Å². The number of carbonyl (C=O) groups excluding carboxylic acids is 1. The zero-order valence-electron chi connectivity index (χ0n) is 15.8. The van der Waals surface area contributed by atoms with Crippen molar-refractivity contribution in [1.82, 2.24) is 19.0 Å². The molecule has 2 aromatic heterocycles. The molecule has 0 aliphatic carbocycles. The first-order valence-corrected chi connectivity index (χ1v) is 11.6. The first-order chi connectivity index (χ1) is 13.9. The SMILES string of the molecule is CCn1nc(C(=O)N2CCN(S(=O)(=O)c3cccs3)CC2)c2ccccc2c1=O. The molecule has 1 aliphatic heterocycles. The van der Waals surface area contributed by atoms with Crippen molar-refractivity contribution in [3.63, 3.8) is 0 Å². The second kappa shape index (κ2) is 7.69. The van der Waals surface area contributed by atoms with Crippen LogP contribution in [0.4, 0.5) is 0 Å². The molecule has 0 saturated carbocycles. The number of sulfonamides is 1. The van der Waals surface area contributed by atoms with Crippen LogP contribution in [-0.2, 0) is 16.6 Å². The number of fused-ring (bicyclic) bond motifs is 1. The van der Waals surface area contributed by atoms with Gasteiger partial charge < -0.3 is 4.90 Å². The number of hydrogen-bond donors (Lipinski definition) is 0. The molecule has 4 rings (SSSR count). The summed E-state index contributed by atoms with van der Waals surface area (Å²) in [5.74, 6) is -0.295. The summed E-state index contributed by atoms with van der Waals surface area (Å²) in [6, 6.07) is 10.2. The Morgan fingerprint density at radius 2 is 1.76 bits per heavy atom. The van der Waals surface area contributed by atoms with Gasteiger partial charge in [-0.15, -0.1) is 11.3 Å². The topological polar surface area (TPSA) is 92.6 Å². The maximum absolute atomic E-state index is 13.2. The van der Waals surface area contributed by atoms with Crippen molar-refractivity contribution in [2.24, 2.45) is 0 Å². The van der Waals surface area contributed by atoms with Crippen LogP contribution in [0.1, 0.15) is 17.4 Å². The summed E-state index contributed by atoms with van der Waals surface area (Å²) in [4.78, 5) is 27.2. The summed E-state index contributed by atoms with van der Waals surface area (Å²) in [5.41, 5.74) is -0.0110. The molecule has 0 bridgehead atoms. The van der Waals surface area contributed by atoms with Crippen molar-refractivity contribution in [3.8, 4) is 0 Å². The highest BCUT2D eigenvalue weighted by atomic mass is 32.2. The fraction of sp³-hybridized carbons (Fsp3) is 0.316. The van der Waals surface area contributed by atoms with E-state index in [4.69, 9.17) is 0 Å². The molecule has 0 radical (unpaired) electrons. The molecule has 0 spiro atoms. The zero-order valence-corrected chi connectivity index (χ0v) is 17.4. The van der Waals surface area contributed by atoms with E-state index in [2.05, 4.69) is 5.10 Å². The Bertz CT molecular complexity index is 1210. The Balaban J connectivity index is 1.60. The molecule has 0 atom stereocenters. The molecular weight excluding hydrogens is 412 g/mol. The number of aryl methyl sites for hydroxylation is 1. The van der Waals surface area contributed by atoms with Crippen molar-refractivity contribution in [3.05, 3.63) is 57.8 Å². The van der Waals surface area contributed by atoms with Gasteiger partial charge in [0.2, 0.25) is 0 Å². The van der Waals surface area contributed by atoms with Crippen molar-refractivity contribution < 1.29 is 13.2 Å². The largest absolute Gasteiger partial charge is 0.335 e. The van der Waals surface area contributed by atoms with Crippen LogP contribution in [-0.4, -0.2) is 59.5 Å². The average molecular weight is 433 g/mol. The minimum absolute atomic E-state index is 0.219. The third-order valence-corrected chi connectivity index (χ3v) is 8.26. The first-order valence-electron chi connectivity index (χ1n) is 9.26. The molecule has 29 heavy (non-hydrogen) atoms. The molecule has 1 aliphatic rings. The van der Waals surface area contributed by atoms with E-state index < -0.39 is 10.0 Å². The predicted octanol–water partition coefficient (Wildman–Crippen LogP) is 1.62. The number of thiophene rings is 1. The Kier molecular flexibility index (Phi) is 5.24. The van der Waals surface area contributed by atoms with Gasteiger partial charge in [-0.2, -0.15) is 9.40 Å². The second-order valence-electron chi connectivity index (χ2n) is 6.64. The van der Waals surface area contributed by atoms with Crippen LogP contribution in [0.2, 0.25) is 0 Å². The van der Waals surface area contributed by atoms with Crippen molar-refractivity contribution in [2.45, 2.75) is 17.7 Å². The standard InChI is InChI=1S/C19H20N4O4S2/c1-2-23-18(24)15-7-4-3-6-14(15)17(20-23)19(25)21-9-11-22(12-10-21)29(26,27)16-8-5-13-28-16/h3-8,13H,2,9-12H2,1H3. The fourth-order valence-corrected chi connectivity index (χ4v) is 5.99. The van der Waals surface area contributed by atoms with Crippen LogP contribution in [0.5, 0.6) is 0 Å². The van der Waals surface area contributed by atoms with Gasteiger partial charge in [0.1, 0.15) is 4.21 Å². The molecule has 1 fully saturated rings. The molecule has 3 aromatic rings. The average Bonchev–Trinajstić information content (AvgIpc) is 3.30. The molecule has 1 saturated heterocycles. The summed E-state index contributed by atoms with van der Waals surface area (Å²) >= 11 is 1.18. The van der Waals surface area contributed by atoms with Gasteiger partial charge in [0.15, 0.2) is 5.69 Å². The second-order valence-corrected chi connectivity index (χ2v) is 9.76. The van der Waals surface area contributed by atoms with Crippen molar-refractivity contribution >= 4 is 38.0 Å². The van der Waals surface area contributed by atoms with Gasteiger partial charge >= 0.3 is 0 Å². The molecule has 1 aromatic carbocycles. The summed E-state index contributed by atoms with van der Waals surface area (Å²) in [5, 5.41) is 6.98. The quantitative estimate of drug-likeness (QED) is 0.625. The van der Waals surface area contributed by atoms with Crippen LogP contribution >= 0.6 is 11.3 Å². The summed E-state index contributed by atoms with van der Waals surface area (Å²) < 4.78 is 28.3. The highest BCUT2D eigenvalue weighted by Crippen LogP contribution is 2.23. The summed E-state index contributed by atoms with van der Waals surface area (Å²) in [6.07, 6.45) is 0. The van der Waals surface area contributed by atoms with E-state index in [9.17, 15) is 18.0 Å². The smallest absolute Gasteiger partial charge is 0.275 e. The number of benzene rings is 1. The third kappa shape index (κ3) is 3.47. The van der Waals surface area contributed by atoms with Gasteiger partial charge in [0.25, 0.3) is 21.5 Å². The fourth-order valence-electron chi connectivity index (χ4n) is 3.43. The number of carbonyl (C=O) groups is 1. The minimum Gasteiger partial charge on any atom is -0.335 e. The number of nitrogens with zero attached hydrogens (tertiary/aromatic N) is 4. The molecule has 1 amide bonds. The van der Waals surface area contributed by atoms with Gasteiger partial charge in [-0.25, -0.2) is 13.1 Å². The van der Waals surface area contributed by atoms with Crippen LogP contribution in [0.25, 0.3) is 10.8 Å². The molecule has 8 nitrogen and oxygen atoms in total. The Morgan fingerprint density at radius 3 is 2.38 bits per heavy atom. The van der Waals surface area contributed by atoms with E-state index in [0.29, 0.717) is 21.5 Å². The van der Waals surface area contributed by atoms with Crippen LogP contribution in [0.3, 0.4) is 0 Å². The molecule has 0 N–H and O–H groups in total. The van der Waals surface area contributed by atoms with Crippen LogP contribution < -0.4 is 5.56 Å². The monoisotopic (exact) mass is 432 g/mol. The Morgan fingerprint density at radius 1 is 1.07 bits per heavy atom. The van der Waals surface area contributed by atoms with Crippen LogP contribution in [0, 0.1) is 0 Å². The van der Waals surface area contributed by atoms with Gasteiger partial charge in [-0.1, -0.05) is 24.3 Å². The van der Waals surface area contributed by atoms with E-state index >= 15 is 0 Å². The lowest BCUT2D eigenvalue weighted by Crippen LogP contribution is -2.50. The maximum atomic E-state index is 13.2. The lowest BCUT2D eigenvalue weighted by atomic mass is 10.1. The van der Waals surface area contributed by atoms with Crippen molar-refractivity contribution in [2.75, 3.05) is 26.2 Å². The number of aromatic nitrogens is 2. The van der Waals surface area contributed by atoms with Gasteiger partial charge in [0, 0.05) is 38.1 Å². The lowest BCUT2D eigenvalue weighted by molar-refractivity contribution is 0.0691. The van der Waals surface area contributed by atoms with E-state index in [1.54, 1.807) is 53.6 Å². The van der Waals surface area contributed by atoms with E-state index in [1.807, 2.05) is 0 Å². The maximum Gasteiger partial charge on any atom is 0.275 e. The normalized spacial score (nSPS) is 15.7. The van der Waals surface area contributed by atoms with E-state index in [1.165, 1.54) is 20.3 Å². The number of hydrogen-bond acceptors (Lipinski definition) is 6. The molecule has 0 unspecified atom stereocenters. The van der Waals surface area contributed by atoms with E-state index in [-0.39, 0.29) is 43.3 Å². The zero-order chi connectivity index (χ0) is 20.6. The Labute approximate surface area is 172 Å². The number of piperazine rings is 1. The van der Waals surface area contributed by atoms with Gasteiger partial charge in [-0.3, -0.25) is 9.59 Å². The molecule has 10 heteroatoms. The number of amides is 1. The number of rotatable bonds is 4. The van der Waals surface area contributed by atoms with Gasteiger partial charge in [-0.05, 0) is 24.4 Å². The molecule has 152 valence electrons. The van der Waals surface area contributed by atoms with Crippen molar-refractivity contribution in [1.29, 1.82) is 0 Å². The first kappa shape index (κ1) is 19.7. The Hall–Kier alpha value is -2.56. The summed E-state index contributed by atoms with van der Waals surface area (Å²) in [6.45, 7) is 3.13. The van der Waals surface area contributed by atoms with E-state index in [0.717, 1.165) is 0 Å². The third-order valence-electron chi connectivity index (χ3n) is 4.98. The predicted molar refractivity (Wildman–Crippen MR) is 111 cm³/mol.